The Balaban J connectivity index is 2.03. The fourth-order valence-electron chi connectivity index (χ4n) is 1.37. The minimum atomic E-state index is -0.542. The number of methoxy groups -OCH3 is 1. The molecule has 4 nitrogen and oxygen atoms in total. The lowest BCUT2D eigenvalue weighted by atomic mass is 10.0. The minimum Gasteiger partial charge on any atom is -0.494 e. The van der Waals surface area contributed by atoms with Gasteiger partial charge in [-0.3, -0.25) is 4.79 Å². The van der Waals surface area contributed by atoms with Gasteiger partial charge in [0.2, 0.25) is 0 Å². The fraction of sp³-hybridized carbons (Fsp3) is 0.364. The molecule has 1 N–H and O–H groups in total. The summed E-state index contributed by atoms with van der Waals surface area (Å²) in [5.41, 5.74) is 0. The van der Waals surface area contributed by atoms with Gasteiger partial charge in [0.05, 0.1) is 13.0 Å². The molecule has 0 amide bonds. The van der Waals surface area contributed by atoms with Crippen LogP contribution in [0.5, 0.6) is 11.5 Å². The normalized spacial score (nSPS) is 15.4. The van der Waals surface area contributed by atoms with E-state index in [1.807, 2.05) is 0 Å². The van der Waals surface area contributed by atoms with Crippen molar-refractivity contribution in [2.24, 2.45) is 5.92 Å². The van der Waals surface area contributed by atoms with Crippen LogP contribution in [0.15, 0.2) is 18.2 Å². The lowest BCUT2D eigenvalue weighted by Crippen LogP contribution is -2.48. The third-order valence-corrected chi connectivity index (χ3v) is 2.46. The summed E-state index contributed by atoms with van der Waals surface area (Å²) in [4.78, 5) is 11.4. The summed E-state index contributed by atoms with van der Waals surface area (Å²) in [5.74, 6) is -0.659. The number of rotatable bonds is 3. The molecule has 1 aromatic carbocycles. The summed E-state index contributed by atoms with van der Waals surface area (Å²) in [5, 5.41) is 2.96. The maximum atomic E-state index is 13.3. The summed E-state index contributed by atoms with van der Waals surface area (Å²) in [6.07, 6.45) is 0. The van der Waals surface area contributed by atoms with Gasteiger partial charge in [-0.25, -0.2) is 4.39 Å². The van der Waals surface area contributed by atoms with Gasteiger partial charge in [0.25, 0.3) is 0 Å². The van der Waals surface area contributed by atoms with E-state index in [1.165, 1.54) is 19.2 Å². The maximum Gasteiger partial charge on any atom is 0.316 e. The molecule has 1 saturated heterocycles. The lowest BCUT2D eigenvalue weighted by Gasteiger charge is -2.24. The summed E-state index contributed by atoms with van der Waals surface area (Å²) in [6, 6.07) is 4.08. The predicted molar refractivity (Wildman–Crippen MR) is 54.9 cm³/mol. The maximum absolute atomic E-state index is 13.3. The quantitative estimate of drug-likeness (QED) is 0.615. The van der Waals surface area contributed by atoms with E-state index in [0.717, 1.165) is 6.07 Å². The zero-order chi connectivity index (χ0) is 11.5. The summed E-state index contributed by atoms with van der Waals surface area (Å²) in [7, 11) is 1.38. The smallest absolute Gasteiger partial charge is 0.316 e. The molecule has 0 radical (unpaired) electrons. The van der Waals surface area contributed by atoms with E-state index < -0.39 is 5.82 Å². The van der Waals surface area contributed by atoms with Crippen LogP contribution in [0.3, 0.4) is 0 Å². The molecule has 0 unspecified atom stereocenters. The standard InChI is InChI=1S/C11H12FNO3/c1-15-10-3-2-8(4-9(10)12)16-11(14)7-5-13-6-7/h2-4,7,13H,5-6H2,1H3. The van der Waals surface area contributed by atoms with Crippen molar-refractivity contribution in [3.63, 3.8) is 0 Å². The van der Waals surface area contributed by atoms with E-state index in [4.69, 9.17) is 9.47 Å². The Morgan fingerprint density at radius 2 is 2.25 bits per heavy atom. The highest BCUT2D eigenvalue weighted by atomic mass is 19.1. The van der Waals surface area contributed by atoms with Crippen molar-refractivity contribution in [2.75, 3.05) is 20.2 Å². The third kappa shape index (κ3) is 2.14. The van der Waals surface area contributed by atoms with Crippen LogP contribution in [0.25, 0.3) is 0 Å². The van der Waals surface area contributed by atoms with Gasteiger partial charge in [0.15, 0.2) is 11.6 Å². The monoisotopic (exact) mass is 225 g/mol. The van der Waals surface area contributed by atoms with Crippen LogP contribution in [0, 0.1) is 11.7 Å². The number of carbonyl (C=O) groups is 1. The van der Waals surface area contributed by atoms with Crippen molar-refractivity contribution >= 4 is 5.97 Å². The number of ether oxygens (including phenoxy) is 2. The number of nitrogens with one attached hydrogen (secondary N) is 1. The Labute approximate surface area is 92.4 Å². The number of carbonyl (C=O) groups excluding carboxylic acids is 1. The first-order valence-corrected chi connectivity index (χ1v) is 4.96. The fourth-order valence-corrected chi connectivity index (χ4v) is 1.37. The first-order chi connectivity index (χ1) is 7.70. The molecule has 16 heavy (non-hydrogen) atoms. The van der Waals surface area contributed by atoms with Gasteiger partial charge >= 0.3 is 5.97 Å². The predicted octanol–water partition coefficient (Wildman–Crippen LogP) is 0.959. The van der Waals surface area contributed by atoms with Gasteiger partial charge in [0.1, 0.15) is 5.75 Å². The Hall–Kier alpha value is -1.62. The van der Waals surface area contributed by atoms with Crippen molar-refractivity contribution in [3.8, 4) is 11.5 Å². The van der Waals surface area contributed by atoms with Crippen LogP contribution in [-0.2, 0) is 4.79 Å². The molecule has 0 saturated carbocycles. The Kier molecular flexibility index (Phi) is 3.05. The van der Waals surface area contributed by atoms with Crippen molar-refractivity contribution in [1.29, 1.82) is 0 Å². The van der Waals surface area contributed by atoms with E-state index in [-0.39, 0.29) is 23.4 Å². The van der Waals surface area contributed by atoms with Gasteiger partial charge in [-0.05, 0) is 12.1 Å². The second-order valence-electron chi connectivity index (χ2n) is 3.57. The molecule has 1 heterocycles. The highest BCUT2D eigenvalue weighted by Crippen LogP contribution is 2.23. The molecule has 86 valence electrons. The van der Waals surface area contributed by atoms with E-state index >= 15 is 0 Å². The number of benzene rings is 1. The highest BCUT2D eigenvalue weighted by Gasteiger charge is 2.26. The highest BCUT2D eigenvalue weighted by molar-refractivity contribution is 5.76. The van der Waals surface area contributed by atoms with Crippen molar-refractivity contribution in [1.82, 2.24) is 5.32 Å². The van der Waals surface area contributed by atoms with Crippen molar-refractivity contribution in [2.45, 2.75) is 0 Å². The van der Waals surface area contributed by atoms with Crippen molar-refractivity contribution in [3.05, 3.63) is 24.0 Å². The second-order valence-corrected chi connectivity index (χ2v) is 3.57. The topological polar surface area (TPSA) is 47.6 Å². The molecular formula is C11H12FNO3. The first-order valence-electron chi connectivity index (χ1n) is 4.96. The van der Waals surface area contributed by atoms with Gasteiger partial charge in [-0.1, -0.05) is 0 Å². The lowest BCUT2D eigenvalue weighted by molar-refractivity contribution is -0.140. The van der Waals surface area contributed by atoms with Crippen molar-refractivity contribution < 1.29 is 18.7 Å². The SMILES string of the molecule is COc1ccc(OC(=O)C2CNC2)cc1F. The van der Waals surface area contributed by atoms with Gasteiger partial charge in [-0.2, -0.15) is 0 Å². The van der Waals surface area contributed by atoms with Crippen LogP contribution in [0.2, 0.25) is 0 Å². The van der Waals surface area contributed by atoms with E-state index in [1.54, 1.807) is 0 Å². The van der Waals surface area contributed by atoms with E-state index in [2.05, 4.69) is 5.32 Å². The van der Waals surface area contributed by atoms with Crippen LogP contribution < -0.4 is 14.8 Å². The van der Waals surface area contributed by atoms with E-state index in [0.29, 0.717) is 13.1 Å². The molecule has 1 aliphatic rings. The molecule has 0 aromatic heterocycles. The number of hydrogen-bond donors (Lipinski definition) is 1. The summed E-state index contributed by atoms with van der Waals surface area (Å²) < 4.78 is 23.1. The number of halogens is 1. The Morgan fingerprint density at radius 1 is 1.50 bits per heavy atom. The summed E-state index contributed by atoms with van der Waals surface area (Å²) >= 11 is 0. The molecular weight excluding hydrogens is 213 g/mol. The minimum absolute atomic E-state index is 0.120. The molecule has 1 aromatic rings. The first kappa shape index (κ1) is 10.9. The molecule has 0 bridgehead atoms. The Morgan fingerprint density at radius 3 is 2.75 bits per heavy atom. The Bertz CT molecular complexity index is 404. The molecule has 1 fully saturated rings. The number of esters is 1. The average molecular weight is 225 g/mol. The summed E-state index contributed by atoms with van der Waals surface area (Å²) in [6.45, 7) is 1.24. The molecule has 2 rings (SSSR count). The number of hydrogen-bond acceptors (Lipinski definition) is 4. The van der Waals surface area contributed by atoms with E-state index in [9.17, 15) is 9.18 Å². The van der Waals surface area contributed by atoms with Crippen LogP contribution in [-0.4, -0.2) is 26.2 Å². The molecule has 5 heteroatoms. The van der Waals surface area contributed by atoms with Gasteiger partial charge in [-0.15, -0.1) is 0 Å². The molecule has 0 spiro atoms. The van der Waals surface area contributed by atoms with Crippen LogP contribution in [0.1, 0.15) is 0 Å². The van der Waals surface area contributed by atoms with Gasteiger partial charge in [0, 0.05) is 19.2 Å². The van der Waals surface area contributed by atoms with Gasteiger partial charge < -0.3 is 14.8 Å². The largest absolute Gasteiger partial charge is 0.494 e. The molecule has 0 atom stereocenters. The average Bonchev–Trinajstić information content (AvgIpc) is 2.15. The van der Waals surface area contributed by atoms with Crippen LogP contribution in [0.4, 0.5) is 4.39 Å². The molecule has 0 aliphatic carbocycles. The molecule has 1 aliphatic heterocycles. The van der Waals surface area contributed by atoms with Crippen LogP contribution >= 0.6 is 0 Å². The third-order valence-electron chi connectivity index (χ3n) is 2.46. The zero-order valence-corrected chi connectivity index (χ0v) is 8.83. The second kappa shape index (κ2) is 4.49. The zero-order valence-electron chi connectivity index (χ0n) is 8.83.